The molecule has 0 aliphatic carbocycles. The van der Waals surface area contributed by atoms with Crippen LogP contribution in [0.3, 0.4) is 0 Å². The Morgan fingerprint density at radius 1 is 0.922 bits per heavy atom. The molecule has 276 valence electrons. The highest BCUT2D eigenvalue weighted by molar-refractivity contribution is 8.00. The minimum Gasteiger partial charge on any atom is -0.381 e. The first-order chi connectivity index (χ1) is 23.8. The molecule has 15 heteroatoms. The van der Waals surface area contributed by atoms with Gasteiger partial charge in [-0.15, -0.1) is 11.8 Å². The number of aliphatic hydroxyl groups is 1. The van der Waals surface area contributed by atoms with Gasteiger partial charge in [-0.3, -0.25) is 14.4 Å². The maximum Gasteiger partial charge on any atom is 0.254 e. The van der Waals surface area contributed by atoms with Crippen LogP contribution >= 0.6 is 11.8 Å². The average Bonchev–Trinajstić information content (AvgIpc) is 3.38. The number of rotatable bonds is 15. The minimum atomic E-state index is -4.08. The first-order valence-electron chi connectivity index (χ1n) is 16.4. The van der Waals surface area contributed by atoms with E-state index in [0.717, 1.165) is 22.9 Å². The summed E-state index contributed by atoms with van der Waals surface area (Å²) < 4.78 is 52.5. The molecule has 4 rings (SSSR count). The van der Waals surface area contributed by atoms with Crippen molar-refractivity contribution >= 4 is 49.3 Å². The van der Waals surface area contributed by atoms with Gasteiger partial charge in [0.25, 0.3) is 5.91 Å². The lowest BCUT2D eigenvalue weighted by Crippen LogP contribution is -2.60. The third-order valence-corrected chi connectivity index (χ3v) is 12.4. The maximum absolute atomic E-state index is 14.1. The molecule has 0 bridgehead atoms. The van der Waals surface area contributed by atoms with Crippen molar-refractivity contribution in [1.29, 1.82) is 0 Å². The number of aryl methyl sites for hydroxylation is 2. The van der Waals surface area contributed by atoms with Crippen molar-refractivity contribution in [3.8, 4) is 0 Å². The molecule has 0 saturated carbocycles. The van der Waals surface area contributed by atoms with Gasteiger partial charge in [-0.2, -0.15) is 0 Å². The molecule has 3 amide bonds. The Labute approximate surface area is 304 Å². The Hall–Kier alpha value is -3.76. The molecule has 4 N–H and O–H groups in total. The molecule has 4 atom stereocenters. The molecule has 0 spiro atoms. The van der Waals surface area contributed by atoms with Crippen LogP contribution in [0, 0.1) is 13.8 Å². The van der Waals surface area contributed by atoms with Crippen molar-refractivity contribution < 1.29 is 36.3 Å². The second-order valence-electron chi connectivity index (χ2n) is 13.5. The van der Waals surface area contributed by atoms with Crippen LogP contribution in [0.5, 0.6) is 0 Å². The largest absolute Gasteiger partial charge is 0.381 e. The van der Waals surface area contributed by atoms with Crippen molar-refractivity contribution in [1.82, 2.24) is 20.3 Å². The van der Waals surface area contributed by atoms with Gasteiger partial charge in [-0.25, -0.2) is 21.6 Å². The molecular weight excluding hydrogens is 713 g/mol. The third kappa shape index (κ3) is 11.4. The van der Waals surface area contributed by atoms with Crippen molar-refractivity contribution in [3.63, 3.8) is 0 Å². The molecule has 3 aromatic carbocycles. The zero-order valence-corrected chi connectivity index (χ0v) is 31.8. The Morgan fingerprint density at radius 3 is 2.18 bits per heavy atom. The zero-order valence-electron chi connectivity index (χ0n) is 29.3. The highest BCUT2D eigenvalue weighted by Crippen LogP contribution is 2.40. The first kappa shape index (κ1) is 40.0. The fraction of sp³-hybridized carbons (Fsp3) is 0.417. The van der Waals surface area contributed by atoms with Gasteiger partial charge in [0.15, 0.2) is 15.9 Å². The maximum atomic E-state index is 14.1. The Bertz CT molecular complexity index is 1920. The molecule has 0 unspecified atom stereocenters. The molecule has 1 fully saturated rings. The third-order valence-electron chi connectivity index (χ3n) is 8.65. The normalized spacial score (nSPS) is 17.7. The van der Waals surface area contributed by atoms with E-state index < -0.39 is 78.1 Å². The number of amides is 3. The topological polar surface area (TPSA) is 179 Å². The SMILES string of the molecule is Cc1ccc(CS(=O)(=O)C[C@@H](NS(C)(=O)=O)C(=O)N[C@@H](Cc2ccccc2)[C@H](O)C(=O)N2CSC(C)(C)[C@H]2C(=O)NCc2ccccc2C)cc1. The highest BCUT2D eigenvalue weighted by atomic mass is 32.2. The molecule has 0 radical (unpaired) electrons. The van der Waals surface area contributed by atoms with Crippen LogP contribution in [0.2, 0.25) is 0 Å². The number of sulfone groups is 1. The predicted molar refractivity (Wildman–Crippen MR) is 199 cm³/mol. The first-order valence-corrected chi connectivity index (χ1v) is 21.1. The number of sulfonamides is 1. The predicted octanol–water partition coefficient (Wildman–Crippen LogP) is 2.22. The number of hydrogen-bond acceptors (Lipinski definition) is 9. The molecule has 1 aliphatic heterocycles. The van der Waals surface area contributed by atoms with Crippen molar-refractivity contribution in [2.45, 2.75) is 75.4 Å². The van der Waals surface area contributed by atoms with E-state index in [0.29, 0.717) is 11.1 Å². The molecule has 1 aliphatic rings. The van der Waals surface area contributed by atoms with E-state index >= 15 is 0 Å². The number of nitrogens with zero attached hydrogens (tertiary/aromatic N) is 1. The number of aliphatic hydroxyl groups excluding tert-OH is 1. The minimum absolute atomic E-state index is 0.0598. The summed E-state index contributed by atoms with van der Waals surface area (Å²) in [5.74, 6) is -3.48. The lowest BCUT2D eigenvalue weighted by molar-refractivity contribution is -0.147. The van der Waals surface area contributed by atoms with E-state index in [-0.39, 0.29) is 18.8 Å². The Kier molecular flexibility index (Phi) is 13.1. The summed E-state index contributed by atoms with van der Waals surface area (Å²) in [7, 11) is -8.12. The summed E-state index contributed by atoms with van der Waals surface area (Å²) in [5.41, 5.74) is 3.93. The van der Waals surface area contributed by atoms with E-state index in [1.54, 1.807) is 54.6 Å². The molecule has 0 aromatic heterocycles. The van der Waals surface area contributed by atoms with Gasteiger partial charge in [0, 0.05) is 11.3 Å². The van der Waals surface area contributed by atoms with Gasteiger partial charge in [0.2, 0.25) is 21.8 Å². The van der Waals surface area contributed by atoms with Crippen LogP contribution < -0.4 is 15.4 Å². The molecule has 12 nitrogen and oxygen atoms in total. The van der Waals surface area contributed by atoms with E-state index in [1.807, 2.05) is 52.0 Å². The van der Waals surface area contributed by atoms with Crippen LogP contribution in [0.1, 0.15) is 41.7 Å². The fourth-order valence-corrected chi connectivity index (χ4v) is 9.42. The van der Waals surface area contributed by atoms with Crippen LogP contribution in [-0.4, -0.2) is 91.4 Å². The number of carbonyl (C=O) groups excluding carboxylic acids is 3. The van der Waals surface area contributed by atoms with Gasteiger partial charge < -0.3 is 20.6 Å². The van der Waals surface area contributed by atoms with E-state index in [9.17, 15) is 36.3 Å². The van der Waals surface area contributed by atoms with Crippen LogP contribution in [0.15, 0.2) is 78.9 Å². The summed E-state index contributed by atoms with van der Waals surface area (Å²) in [5, 5.41) is 17.1. The number of nitrogens with one attached hydrogen (secondary N) is 3. The van der Waals surface area contributed by atoms with Gasteiger partial charge in [0.05, 0.1) is 29.7 Å². The molecular formula is C36H46N4O8S3. The number of thioether (sulfide) groups is 1. The van der Waals surface area contributed by atoms with Gasteiger partial charge in [0.1, 0.15) is 12.1 Å². The second-order valence-corrected chi connectivity index (χ2v) is 19.0. The summed E-state index contributed by atoms with van der Waals surface area (Å²) in [6, 6.07) is 19.0. The molecule has 1 heterocycles. The van der Waals surface area contributed by atoms with Crippen molar-refractivity contribution in [3.05, 3.63) is 107 Å². The zero-order chi connectivity index (χ0) is 37.6. The van der Waals surface area contributed by atoms with Gasteiger partial charge in [-0.1, -0.05) is 84.4 Å². The Balaban J connectivity index is 1.58. The van der Waals surface area contributed by atoms with Crippen LogP contribution in [-0.2, 0) is 53.0 Å². The standard InChI is InChI=1S/C36H46N4O8S3/c1-24-15-17-27(18-16-24)21-51(47,48)22-30(39-50(5,45)46)33(42)38-29(19-26-12-7-6-8-13-26)31(41)35(44)40-23-49-36(3,4)32(40)34(43)37-20-28-14-10-9-11-25(28)2/h6-18,29-32,39,41H,19-23H2,1-5H3,(H,37,43)(H,38,42)/t29-,30+,31-,32+/m0/s1. The number of benzene rings is 3. The number of carbonyl (C=O) groups is 3. The molecule has 51 heavy (non-hydrogen) atoms. The van der Waals surface area contributed by atoms with E-state index in [4.69, 9.17) is 0 Å². The lowest BCUT2D eigenvalue weighted by Gasteiger charge is -2.33. The summed E-state index contributed by atoms with van der Waals surface area (Å²) in [4.78, 5) is 42.7. The van der Waals surface area contributed by atoms with Crippen molar-refractivity contribution in [2.75, 3.05) is 17.9 Å². The highest BCUT2D eigenvalue weighted by Gasteiger charge is 2.50. The second kappa shape index (κ2) is 16.7. The van der Waals surface area contributed by atoms with Gasteiger partial charge in [-0.05, 0) is 56.4 Å². The molecule has 1 saturated heterocycles. The van der Waals surface area contributed by atoms with Crippen molar-refractivity contribution in [2.24, 2.45) is 0 Å². The smallest absolute Gasteiger partial charge is 0.254 e. The van der Waals surface area contributed by atoms with Crippen LogP contribution in [0.4, 0.5) is 0 Å². The van der Waals surface area contributed by atoms with Gasteiger partial charge >= 0.3 is 0 Å². The summed E-state index contributed by atoms with van der Waals surface area (Å²) in [6.07, 6.45) is -1.13. The van der Waals surface area contributed by atoms with Crippen LogP contribution in [0.25, 0.3) is 0 Å². The quantitative estimate of drug-likeness (QED) is 0.181. The average molecular weight is 759 g/mol. The molecule has 3 aromatic rings. The fourth-order valence-electron chi connectivity index (χ4n) is 5.91. The van der Waals surface area contributed by atoms with E-state index in [2.05, 4.69) is 15.4 Å². The Morgan fingerprint density at radius 2 is 1.55 bits per heavy atom. The lowest BCUT2D eigenvalue weighted by atomic mass is 9.97. The summed E-state index contributed by atoms with van der Waals surface area (Å²) in [6.45, 7) is 7.68. The van der Waals surface area contributed by atoms with E-state index in [1.165, 1.54) is 16.7 Å². The summed E-state index contributed by atoms with van der Waals surface area (Å²) >= 11 is 1.37. The monoisotopic (exact) mass is 758 g/mol. The number of hydrogen-bond donors (Lipinski definition) is 4.